The molecule has 112 valence electrons. The lowest BCUT2D eigenvalue weighted by atomic mass is 9.85. The van der Waals surface area contributed by atoms with Gasteiger partial charge in [0.1, 0.15) is 5.54 Å². The number of hydrogen-bond acceptors (Lipinski definition) is 2. The first-order valence-corrected chi connectivity index (χ1v) is 7.75. The molecule has 4 nitrogen and oxygen atoms in total. The van der Waals surface area contributed by atoms with Gasteiger partial charge in [0.15, 0.2) is 0 Å². The summed E-state index contributed by atoms with van der Waals surface area (Å²) in [7, 11) is 0. The van der Waals surface area contributed by atoms with Crippen molar-refractivity contribution in [2.75, 3.05) is 13.1 Å². The van der Waals surface area contributed by atoms with E-state index in [9.17, 15) is 9.59 Å². The molecule has 1 atom stereocenters. The molecule has 2 heterocycles. The predicted molar refractivity (Wildman–Crippen MR) is 80.4 cm³/mol. The van der Waals surface area contributed by atoms with E-state index < -0.39 is 5.54 Å². The SMILES string of the molecule is CC(=O)N1CCCC12CCCN(Cc1ccccc1)C2=O. The van der Waals surface area contributed by atoms with Crippen LogP contribution in [0.3, 0.4) is 0 Å². The Morgan fingerprint density at radius 3 is 2.48 bits per heavy atom. The maximum absolute atomic E-state index is 13.0. The Hall–Kier alpha value is -1.84. The van der Waals surface area contributed by atoms with Gasteiger partial charge in [0.25, 0.3) is 0 Å². The number of rotatable bonds is 2. The molecular formula is C17H22N2O2. The Bertz CT molecular complexity index is 543. The maximum atomic E-state index is 13.0. The molecule has 2 aliphatic heterocycles. The third-order valence-corrected chi connectivity index (χ3v) is 4.79. The van der Waals surface area contributed by atoms with Crippen LogP contribution in [0.1, 0.15) is 38.2 Å². The highest BCUT2D eigenvalue weighted by atomic mass is 16.2. The highest BCUT2D eigenvalue weighted by Gasteiger charge is 2.51. The van der Waals surface area contributed by atoms with E-state index in [4.69, 9.17) is 0 Å². The van der Waals surface area contributed by atoms with Crippen LogP contribution < -0.4 is 0 Å². The van der Waals surface area contributed by atoms with Crippen LogP contribution in [0.2, 0.25) is 0 Å². The van der Waals surface area contributed by atoms with Gasteiger partial charge in [0, 0.05) is 26.6 Å². The molecule has 0 N–H and O–H groups in total. The predicted octanol–water partition coefficient (Wildman–Crippen LogP) is 2.19. The number of piperidine rings is 1. The summed E-state index contributed by atoms with van der Waals surface area (Å²) >= 11 is 0. The zero-order valence-electron chi connectivity index (χ0n) is 12.5. The van der Waals surface area contributed by atoms with Gasteiger partial charge in [-0.2, -0.15) is 0 Å². The van der Waals surface area contributed by atoms with Gasteiger partial charge in [0.2, 0.25) is 11.8 Å². The molecule has 1 unspecified atom stereocenters. The molecule has 0 radical (unpaired) electrons. The minimum absolute atomic E-state index is 0.0300. The van der Waals surface area contributed by atoms with E-state index in [1.807, 2.05) is 40.1 Å². The number of likely N-dealkylation sites (tertiary alicyclic amines) is 2. The summed E-state index contributed by atoms with van der Waals surface area (Å²) in [6, 6.07) is 10.1. The van der Waals surface area contributed by atoms with Crippen LogP contribution in [-0.2, 0) is 16.1 Å². The first kappa shape index (κ1) is 14.1. The molecule has 2 fully saturated rings. The second-order valence-corrected chi connectivity index (χ2v) is 6.12. The third kappa shape index (κ3) is 2.43. The zero-order chi connectivity index (χ0) is 14.9. The molecular weight excluding hydrogens is 264 g/mol. The molecule has 2 aliphatic rings. The number of nitrogens with zero attached hydrogens (tertiary/aromatic N) is 2. The Morgan fingerprint density at radius 2 is 1.81 bits per heavy atom. The Labute approximate surface area is 125 Å². The molecule has 0 saturated carbocycles. The van der Waals surface area contributed by atoms with Crippen LogP contribution in [0, 0.1) is 0 Å². The third-order valence-electron chi connectivity index (χ3n) is 4.79. The van der Waals surface area contributed by atoms with Crippen LogP contribution in [0.25, 0.3) is 0 Å². The summed E-state index contributed by atoms with van der Waals surface area (Å²) < 4.78 is 0. The zero-order valence-corrected chi connectivity index (χ0v) is 12.5. The maximum Gasteiger partial charge on any atom is 0.248 e. The quantitative estimate of drug-likeness (QED) is 0.836. The molecule has 21 heavy (non-hydrogen) atoms. The van der Waals surface area contributed by atoms with E-state index in [-0.39, 0.29) is 11.8 Å². The molecule has 0 aromatic heterocycles. The molecule has 0 aliphatic carbocycles. The summed E-state index contributed by atoms with van der Waals surface area (Å²) in [6.07, 6.45) is 3.54. The molecule has 1 aromatic rings. The van der Waals surface area contributed by atoms with E-state index in [0.717, 1.165) is 44.3 Å². The van der Waals surface area contributed by atoms with Gasteiger partial charge >= 0.3 is 0 Å². The van der Waals surface area contributed by atoms with Gasteiger partial charge in [-0.25, -0.2) is 0 Å². The summed E-state index contributed by atoms with van der Waals surface area (Å²) in [5.74, 6) is 0.174. The van der Waals surface area contributed by atoms with Crippen molar-refractivity contribution < 1.29 is 9.59 Å². The Balaban J connectivity index is 1.82. The lowest BCUT2D eigenvalue weighted by molar-refractivity contribution is -0.155. The summed E-state index contributed by atoms with van der Waals surface area (Å²) in [5, 5.41) is 0. The van der Waals surface area contributed by atoms with E-state index in [0.29, 0.717) is 6.54 Å². The van der Waals surface area contributed by atoms with E-state index in [1.54, 1.807) is 6.92 Å². The van der Waals surface area contributed by atoms with Gasteiger partial charge in [0.05, 0.1) is 0 Å². The Morgan fingerprint density at radius 1 is 1.14 bits per heavy atom. The van der Waals surface area contributed by atoms with Crippen LogP contribution in [0.4, 0.5) is 0 Å². The van der Waals surface area contributed by atoms with Crippen molar-refractivity contribution >= 4 is 11.8 Å². The first-order chi connectivity index (χ1) is 10.1. The number of amides is 2. The monoisotopic (exact) mass is 286 g/mol. The fourth-order valence-corrected chi connectivity index (χ4v) is 3.84. The van der Waals surface area contributed by atoms with Gasteiger partial charge in [-0.1, -0.05) is 30.3 Å². The second-order valence-electron chi connectivity index (χ2n) is 6.12. The van der Waals surface area contributed by atoms with Crippen molar-refractivity contribution in [2.45, 2.75) is 44.7 Å². The lowest BCUT2D eigenvalue weighted by Gasteiger charge is -2.44. The minimum atomic E-state index is -0.557. The number of hydrogen-bond donors (Lipinski definition) is 0. The fraction of sp³-hybridized carbons (Fsp3) is 0.529. The highest BCUT2D eigenvalue weighted by molar-refractivity contribution is 5.92. The van der Waals surface area contributed by atoms with E-state index in [2.05, 4.69) is 0 Å². The molecule has 1 aromatic carbocycles. The lowest BCUT2D eigenvalue weighted by Crippen LogP contribution is -2.60. The average molecular weight is 286 g/mol. The van der Waals surface area contributed by atoms with Crippen molar-refractivity contribution in [2.24, 2.45) is 0 Å². The van der Waals surface area contributed by atoms with Crippen LogP contribution >= 0.6 is 0 Å². The van der Waals surface area contributed by atoms with Crippen molar-refractivity contribution in [3.05, 3.63) is 35.9 Å². The fourth-order valence-electron chi connectivity index (χ4n) is 3.84. The van der Waals surface area contributed by atoms with E-state index >= 15 is 0 Å². The number of carbonyl (C=O) groups excluding carboxylic acids is 2. The van der Waals surface area contributed by atoms with E-state index in [1.165, 1.54) is 0 Å². The second kappa shape index (κ2) is 5.51. The molecule has 2 amide bonds. The standard InChI is InChI=1S/C17H22N2O2/c1-14(20)19-12-6-10-17(19)9-5-11-18(16(17)21)13-15-7-3-2-4-8-15/h2-4,7-8H,5-6,9-13H2,1H3. The number of carbonyl (C=O) groups is 2. The smallest absolute Gasteiger partial charge is 0.248 e. The minimum Gasteiger partial charge on any atom is -0.336 e. The molecule has 1 spiro atoms. The average Bonchev–Trinajstić information content (AvgIpc) is 2.90. The first-order valence-electron chi connectivity index (χ1n) is 7.75. The van der Waals surface area contributed by atoms with Crippen molar-refractivity contribution in [3.8, 4) is 0 Å². The summed E-state index contributed by atoms with van der Waals surface area (Å²) in [5.41, 5.74) is 0.592. The van der Waals surface area contributed by atoms with Crippen LogP contribution in [0.15, 0.2) is 30.3 Å². The highest BCUT2D eigenvalue weighted by Crippen LogP contribution is 2.38. The Kier molecular flexibility index (Phi) is 3.70. The molecule has 4 heteroatoms. The molecule has 3 rings (SSSR count). The van der Waals surface area contributed by atoms with Gasteiger partial charge in [-0.05, 0) is 31.2 Å². The van der Waals surface area contributed by atoms with Crippen molar-refractivity contribution in [3.63, 3.8) is 0 Å². The summed E-state index contributed by atoms with van der Waals surface area (Å²) in [4.78, 5) is 28.6. The van der Waals surface area contributed by atoms with Gasteiger partial charge < -0.3 is 9.80 Å². The topological polar surface area (TPSA) is 40.6 Å². The van der Waals surface area contributed by atoms with Gasteiger partial charge in [-0.15, -0.1) is 0 Å². The van der Waals surface area contributed by atoms with Crippen molar-refractivity contribution in [1.29, 1.82) is 0 Å². The van der Waals surface area contributed by atoms with Crippen LogP contribution in [0.5, 0.6) is 0 Å². The van der Waals surface area contributed by atoms with Gasteiger partial charge in [-0.3, -0.25) is 9.59 Å². The largest absolute Gasteiger partial charge is 0.336 e. The molecule has 0 bridgehead atoms. The normalized spacial score (nSPS) is 25.7. The number of benzene rings is 1. The molecule has 2 saturated heterocycles. The van der Waals surface area contributed by atoms with Crippen LogP contribution in [-0.4, -0.2) is 40.2 Å². The van der Waals surface area contributed by atoms with Crippen molar-refractivity contribution in [1.82, 2.24) is 9.80 Å². The summed E-state index contributed by atoms with van der Waals surface area (Å²) in [6.45, 7) is 3.74.